The number of aromatic amines is 1. The highest BCUT2D eigenvalue weighted by molar-refractivity contribution is 5.86. The third-order valence-electron chi connectivity index (χ3n) is 5.21. The lowest BCUT2D eigenvalue weighted by Gasteiger charge is -2.11. The van der Waals surface area contributed by atoms with Crippen LogP contribution in [0.3, 0.4) is 0 Å². The van der Waals surface area contributed by atoms with Crippen LogP contribution in [0.2, 0.25) is 0 Å². The molecule has 8 nitrogen and oxygen atoms in total. The number of hydrogen-bond acceptors (Lipinski definition) is 7. The van der Waals surface area contributed by atoms with Crippen molar-refractivity contribution < 1.29 is 13.7 Å². The molecule has 0 radical (unpaired) electrons. The Morgan fingerprint density at radius 2 is 2.09 bits per heavy atom. The number of aromatic nitrogens is 4. The average molecular weight is 439 g/mol. The summed E-state index contributed by atoms with van der Waals surface area (Å²) in [7, 11) is 4.04. The van der Waals surface area contributed by atoms with E-state index < -0.39 is 11.9 Å². The first-order valence-corrected chi connectivity index (χ1v) is 10.5. The lowest BCUT2D eigenvalue weighted by atomic mass is 10.1. The highest BCUT2D eigenvalue weighted by atomic mass is 19.1. The second-order valence-corrected chi connectivity index (χ2v) is 8.14. The average Bonchev–Trinajstić information content (AvgIpc) is 3.37. The predicted octanol–water partition coefficient (Wildman–Crippen LogP) is 3.92. The quantitative estimate of drug-likeness (QED) is 0.408. The van der Waals surface area contributed by atoms with Gasteiger partial charge in [-0.3, -0.25) is 0 Å². The Morgan fingerprint density at radius 3 is 2.88 bits per heavy atom. The van der Waals surface area contributed by atoms with Crippen molar-refractivity contribution in [1.82, 2.24) is 25.0 Å². The molecule has 168 valence electrons. The maximum Gasteiger partial charge on any atom is 0.243 e. The molecule has 0 fully saturated rings. The van der Waals surface area contributed by atoms with Gasteiger partial charge in [0.15, 0.2) is 17.4 Å². The molecule has 0 aliphatic heterocycles. The molecule has 0 bridgehead atoms. The van der Waals surface area contributed by atoms with Crippen LogP contribution in [0, 0.1) is 12.7 Å². The molecule has 3 heterocycles. The van der Waals surface area contributed by atoms with Crippen LogP contribution in [0.15, 0.2) is 41.2 Å². The Morgan fingerprint density at radius 1 is 1.25 bits per heavy atom. The summed E-state index contributed by atoms with van der Waals surface area (Å²) < 4.78 is 25.9. The maximum atomic E-state index is 14.8. The molecule has 1 unspecified atom stereocenters. The van der Waals surface area contributed by atoms with Gasteiger partial charge in [0, 0.05) is 18.8 Å². The fourth-order valence-electron chi connectivity index (χ4n) is 3.56. The molecule has 1 aromatic carbocycles. The van der Waals surface area contributed by atoms with Gasteiger partial charge in [0.05, 0.1) is 11.4 Å². The van der Waals surface area contributed by atoms with E-state index in [1.54, 1.807) is 24.4 Å². The largest absolute Gasteiger partial charge is 0.453 e. The van der Waals surface area contributed by atoms with Crippen LogP contribution in [-0.2, 0) is 12.8 Å². The second kappa shape index (κ2) is 9.46. The number of hydrogen-bond donors (Lipinski definition) is 2. The van der Waals surface area contributed by atoms with Crippen molar-refractivity contribution >= 4 is 11.0 Å². The molecule has 32 heavy (non-hydrogen) atoms. The predicted molar refractivity (Wildman–Crippen MR) is 119 cm³/mol. The molecular formula is C23H27FN6O2. The van der Waals surface area contributed by atoms with Gasteiger partial charge in [-0.05, 0) is 69.7 Å². The highest BCUT2D eigenvalue weighted by Crippen LogP contribution is 2.32. The van der Waals surface area contributed by atoms with E-state index in [9.17, 15) is 4.39 Å². The second-order valence-electron chi connectivity index (χ2n) is 8.14. The number of fused-ring (bicyclic) bond motifs is 1. The molecule has 0 aliphatic rings. The van der Waals surface area contributed by atoms with Crippen LogP contribution in [0.4, 0.5) is 4.39 Å². The number of halogens is 1. The Hall–Kier alpha value is -3.30. The van der Waals surface area contributed by atoms with Gasteiger partial charge in [0.25, 0.3) is 0 Å². The summed E-state index contributed by atoms with van der Waals surface area (Å²) in [5, 5.41) is 4.82. The zero-order chi connectivity index (χ0) is 22.7. The van der Waals surface area contributed by atoms with Gasteiger partial charge < -0.3 is 24.9 Å². The number of nitrogens with two attached hydrogens (primary N) is 1. The van der Waals surface area contributed by atoms with Crippen LogP contribution in [-0.4, -0.2) is 45.6 Å². The lowest BCUT2D eigenvalue weighted by Crippen LogP contribution is -2.15. The van der Waals surface area contributed by atoms with E-state index in [4.69, 9.17) is 15.0 Å². The number of benzene rings is 1. The number of nitrogens with zero attached hydrogens (tertiary/aromatic N) is 4. The first-order valence-electron chi connectivity index (χ1n) is 10.5. The zero-order valence-corrected chi connectivity index (χ0v) is 18.4. The minimum atomic E-state index is -0.515. The van der Waals surface area contributed by atoms with E-state index in [1.165, 1.54) is 6.07 Å². The van der Waals surface area contributed by atoms with Crippen molar-refractivity contribution in [1.29, 1.82) is 0 Å². The normalized spacial score (nSPS) is 12.6. The number of aryl methyl sites for hydroxylation is 2. The molecule has 3 N–H and O–H groups in total. The fourth-order valence-corrected chi connectivity index (χ4v) is 3.56. The third kappa shape index (κ3) is 4.95. The number of nitrogens with one attached hydrogen (secondary N) is 1. The van der Waals surface area contributed by atoms with Crippen LogP contribution >= 0.6 is 0 Å². The number of pyridine rings is 1. The monoisotopic (exact) mass is 438 g/mol. The van der Waals surface area contributed by atoms with Crippen molar-refractivity contribution in [3.05, 3.63) is 65.3 Å². The molecule has 0 spiro atoms. The summed E-state index contributed by atoms with van der Waals surface area (Å²) in [6, 6.07) is 6.02. The molecule has 3 aromatic heterocycles. The van der Waals surface area contributed by atoms with Crippen LogP contribution in [0.5, 0.6) is 11.5 Å². The molecular weight excluding hydrogens is 411 g/mol. The minimum Gasteiger partial charge on any atom is -0.453 e. The fraction of sp³-hybridized carbons (Fsp3) is 0.348. The van der Waals surface area contributed by atoms with E-state index in [-0.39, 0.29) is 5.75 Å². The topological polar surface area (TPSA) is 106 Å². The molecule has 9 heteroatoms. The van der Waals surface area contributed by atoms with E-state index in [1.807, 2.05) is 27.2 Å². The van der Waals surface area contributed by atoms with Crippen LogP contribution < -0.4 is 10.5 Å². The number of rotatable bonds is 9. The molecule has 0 saturated carbocycles. The number of ether oxygens (including phenoxy) is 1. The standard InChI is InChI=1S/C23H27FN6O2/c1-14-13-27-22-21(14)19(8-9-26-22)31-18-7-6-15(11-16(18)24)12-17(25)23-28-20(29-32-23)5-4-10-30(2)3/h6-9,11,13,17H,4-5,10,12,25H2,1-3H3,(H,26,27). The van der Waals surface area contributed by atoms with E-state index in [0.29, 0.717) is 35.1 Å². The summed E-state index contributed by atoms with van der Waals surface area (Å²) in [5.41, 5.74) is 8.62. The first kappa shape index (κ1) is 21.9. The van der Waals surface area contributed by atoms with Gasteiger partial charge in [0.1, 0.15) is 11.4 Å². The molecule has 0 aliphatic carbocycles. The van der Waals surface area contributed by atoms with E-state index in [2.05, 4.69) is 25.0 Å². The van der Waals surface area contributed by atoms with Gasteiger partial charge in [0.2, 0.25) is 5.89 Å². The minimum absolute atomic E-state index is 0.136. The van der Waals surface area contributed by atoms with Gasteiger partial charge in [-0.2, -0.15) is 4.98 Å². The van der Waals surface area contributed by atoms with E-state index >= 15 is 0 Å². The Kier molecular flexibility index (Phi) is 6.48. The van der Waals surface area contributed by atoms with Gasteiger partial charge in [-0.1, -0.05) is 11.2 Å². The SMILES string of the molecule is Cc1c[nH]c2nccc(Oc3ccc(CC(N)c4nc(CCCN(C)C)no4)cc3F)c12. The van der Waals surface area contributed by atoms with E-state index in [0.717, 1.165) is 30.3 Å². The van der Waals surface area contributed by atoms with Gasteiger partial charge in [-0.15, -0.1) is 0 Å². The maximum absolute atomic E-state index is 14.8. The summed E-state index contributed by atoms with van der Waals surface area (Å²) in [6.07, 6.45) is 5.49. The molecule has 1 atom stereocenters. The molecule has 4 aromatic rings. The first-order chi connectivity index (χ1) is 15.4. The summed E-state index contributed by atoms with van der Waals surface area (Å²) >= 11 is 0. The zero-order valence-electron chi connectivity index (χ0n) is 18.4. The van der Waals surface area contributed by atoms with Crippen LogP contribution in [0.25, 0.3) is 11.0 Å². The van der Waals surface area contributed by atoms with Gasteiger partial charge in [-0.25, -0.2) is 9.37 Å². The summed E-state index contributed by atoms with van der Waals surface area (Å²) in [5.74, 6) is 1.20. The van der Waals surface area contributed by atoms with Gasteiger partial charge >= 0.3 is 0 Å². The summed E-state index contributed by atoms with van der Waals surface area (Å²) in [4.78, 5) is 13.8. The van der Waals surface area contributed by atoms with Crippen molar-refractivity contribution in [3.8, 4) is 11.5 Å². The lowest BCUT2D eigenvalue weighted by molar-refractivity contribution is 0.348. The van der Waals surface area contributed by atoms with Crippen molar-refractivity contribution in [2.45, 2.75) is 32.2 Å². The Bertz CT molecular complexity index is 1200. The molecule has 0 amide bonds. The Labute approximate surface area is 185 Å². The highest BCUT2D eigenvalue weighted by Gasteiger charge is 2.17. The third-order valence-corrected chi connectivity index (χ3v) is 5.21. The molecule has 0 saturated heterocycles. The Balaban J connectivity index is 1.42. The number of H-pyrrole nitrogens is 1. The smallest absolute Gasteiger partial charge is 0.243 e. The summed E-state index contributed by atoms with van der Waals surface area (Å²) in [6.45, 7) is 2.89. The van der Waals surface area contributed by atoms with Crippen LogP contribution in [0.1, 0.15) is 35.3 Å². The van der Waals surface area contributed by atoms with Crippen molar-refractivity contribution in [3.63, 3.8) is 0 Å². The van der Waals surface area contributed by atoms with Crippen molar-refractivity contribution in [2.75, 3.05) is 20.6 Å². The molecule has 4 rings (SSSR count). The van der Waals surface area contributed by atoms with Crippen molar-refractivity contribution in [2.24, 2.45) is 5.73 Å².